The van der Waals surface area contributed by atoms with Gasteiger partial charge in [-0.3, -0.25) is 4.79 Å². The highest BCUT2D eigenvalue weighted by molar-refractivity contribution is 7.99. The maximum Gasteiger partial charge on any atom is 0.238 e. The summed E-state index contributed by atoms with van der Waals surface area (Å²) in [6, 6.07) is 8.29. The van der Waals surface area contributed by atoms with E-state index in [-0.39, 0.29) is 18.0 Å². The molecule has 2 N–H and O–H groups in total. The smallest absolute Gasteiger partial charge is 0.238 e. The van der Waals surface area contributed by atoms with Gasteiger partial charge in [-0.1, -0.05) is 29.8 Å². The van der Waals surface area contributed by atoms with Gasteiger partial charge in [-0.2, -0.15) is 11.8 Å². The Morgan fingerprint density at radius 1 is 1.56 bits per heavy atom. The largest absolute Gasteiger partial charge is 0.348 e. The first-order valence-electron chi connectivity index (χ1n) is 6.35. The van der Waals surface area contributed by atoms with Crippen molar-refractivity contribution in [3.05, 3.63) is 35.4 Å². The molecule has 0 radical (unpaired) electrons. The lowest BCUT2D eigenvalue weighted by Gasteiger charge is -2.24. The number of carbonyl (C=O) groups is 1. The van der Waals surface area contributed by atoms with Crippen LogP contribution in [0.4, 0.5) is 0 Å². The molecule has 2 rings (SSSR count). The minimum absolute atomic E-state index is 0.0454. The standard InChI is InChI=1S/C14H20N2OS/c1-10-4-3-5-12(8-10)11(2)16-14(17)13-9-18-7-6-15-13/h3-5,8,11,13,15H,6-7,9H2,1-2H3,(H,16,17)/t11-,13?/m0/s1. The van der Waals surface area contributed by atoms with E-state index in [1.165, 1.54) is 5.56 Å². The van der Waals surface area contributed by atoms with Crippen molar-refractivity contribution in [1.82, 2.24) is 10.6 Å². The van der Waals surface area contributed by atoms with Crippen LogP contribution in [0.2, 0.25) is 0 Å². The molecule has 0 spiro atoms. The first-order valence-corrected chi connectivity index (χ1v) is 7.50. The molecular formula is C14H20N2OS. The van der Waals surface area contributed by atoms with Crippen molar-refractivity contribution in [2.75, 3.05) is 18.1 Å². The third-order valence-electron chi connectivity index (χ3n) is 3.14. The van der Waals surface area contributed by atoms with E-state index < -0.39 is 0 Å². The number of carbonyl (C=O) groups excluding carboxylic acids is 1. The van der Waals surface area contributed by atoms with Gasteiger partial charge in [0.05, 0.1) is 12.1 Å². The number of amides is 1. The van der Waals surface area contributed by atoms with Crippen molar-refractivity contribution >= 4 is 17.7 Å². The van der Waals surface area contributed by atoms with E-state index in [9.17, 15) is 4.79 Å². The maximum absolute atomic E-state index is 12.1. The van der Waals surface area contributed by atoms with Gasteiger partial charge in [-0.05, 0) is 19.4 Å². The van der Waals surface area contributed by atoms with Crippen molar-refractivity contribution < 1.29 is 4.79 Å². The van der Waals surface area contributed by atoms with Crippen LogP contribution in [0.5, 0.6) is 0 Å². The predicted octanol–water partition coefficient (Wildman–Crippen LogP) is 1.88. The summed E-state index contributed by atoms with van der Waals surface area (Å²) in [6.45, 7) is 5.02. The Hall–Kier alpha value is -1.00. The Kier molecular flexibility index (Phi) is 4.66. The molecule has 1 aliphatic heterocycles. The Morgan fingerprint density at radius 3 is 3.06 bits per heavy atom. The first-order chi connectivity index (χ1) is 8.66. The van der Waals surface area contributed by atoms with Crippen molar-refractivity contribution in [2.24, 2.45) is 0 Å². The Morgan fingerprint density at radius 2 is 2.39 bits per heavy atom. The average Bonchev–Trinajstić information content (AvgIpc) is 2.39. The van der Waals surface area contributed by atoms with E-state index in [2.05, 4.69) is 35.8 Å². The average molecular weight is 264 g/mol. The second-order valence-electron chi connectivity index (χ2n) is 4.73. The second-order valence-corrected chi connectivity index (χ2v) is 5.88. The number of nitrogens with one attached hydrogen (secondary N) is 2. The summed E-state index contributed by atoms with van der Waals surface area (Å²) < 4.78 is 0. The number of hydrogen-bond donors (Lipinski definition) is 2. The molecule has 1 aromatic rings. The topological polar surface area (TPSA) is 41.1 Å². The Balaban J connectivity index is 1.94. The summed E-state index contributed by atoms with van der Waals surface area (Å²) in [5, 5.41) is 6.33. The molecule has 1 heterocycles. The third kappa shape index (κ3) is 3.50. The van der Waals surface area contributed by atoms with Gasteiger partial charge in [0.2, 0.25) is 5.91 Å². The fourth-order valence-electron chi connectivity index (χ4n) is 2.07. The molecule has 0 aromatic heterocycles. The third-order valence-corrected chi connectivity index (χ3v) is 4.20. The van der Waals surface area contributed by atoms with Gasteiger partial charge in [0.25, 0.3) is 0 Å². The van der Waals surface area contributed by atoms with Gasteiger partial charge < -0.3 is 10.6 Å². The lowest BCUT2D eigenvalue weighted by atomic mass is 10.1. The molecule has 3 nitrogen and oxygen atoms in total. The summed E-state index contributed by atoms with van der Waals surface area (Å²) in [4.78, 5) is 12.1. The number of benzene rings is 1. The number of aryl methyl sites for hydroxylation is 1. The molecule has 1 aromatic carbocycles. The van der Waals surface area contributed by atoms with Gasteiger partial charge in [-0.15, -0.1) is 0 Å². The molecule has 0 saturated carbocycles. The molecule has 0 bridgehead atoms. The SMILES string of the molecule is Cc1cccc([C@H](C)NC(=O)C2CSCCN2)c1. The summed E-state index contributed by atoms with van der Waals surface area (Å²) in [7, 11) is 0. The van der Waals surface area contributed by atoms with Crippen LogP contribution < -0.4 is 10.6 Å². The van der Waals surface area contributed by atoms with Crippen molar-refractivity contribution in [2.45, 2.75) is 25.9 Å². The summed E-state index contributed by atoms with van der Waals surface area (Å²) in [5.74, 6) is 2.07. The number of thioether (sulfide) groups is 1. The molecule has 0 aliphatic carbocycles. The van der Waals surface area contributed by atoms with E-state index in [0.29, 0.717) is 0 Å². The van der Waals surface area contributed by atoms with Gasteiger partial charge in [-0.25, -0.2) is 0 Å². The zero-order valence-corrected chi connectivity index (χ0v) is 11.7. The van der Waals surface area contributed by atoms with Gasteiger partial charge in [0, 0.05) is 18.1 Å². The molecule has 1 amide bonds. The van der Waals surface area contributed by atoms with Gasteiger partial charge in [0.1, 0.15) is 0 Å². The van der Waals surface area contributed by atoms with E-state index in [1.54, 1.807) is 0 Å². The van der Waals surface area contributed by atoms with Crippen molar-refractivity contribution in [3.63, 3.8) is 0 Å². The molecule has 4 heteroatoms. The van der Waals surface area contributed by atoms with Gasteiger partial charge in [0.15, 0.2) is 0 Å². The van der Waals surface area contributed by atoms with E-state index in [0.717, 1.165) is 23.6 Å². The second kappa shape index (κ2) is 6.25. The van der Waals surface area contributed by atoms with Crippen LogP contribution in [-0.2, 0) is 4.79 Å². The lowest BCUT2D eigenvalue weighted by Crippen LogP contribution is -2.49. The maximum atomic E-state index is 12.1. The quantitative estimate of drug-likeness (QED) is 0.876. The minimum Gasteiger partial charge on any atom is -0.348 e. The van der Waals surface area contributed by atoms with E-state index in [1.807, 2.05) is 24.8 Å². The highest BCUT2D eigenvalue weighted by atomic mass is 32.2. The summed E-state index contributed by atoms with van der Waals surface area (Å²) >= 11 is 1.83. The normalized spacial score (nSPS) is 21.3. The van der Waals surface area contributed by atoms with Crippen LogP contribution in [0, 0.1) is 6.92 Å². The van der Waals surface area contributed by atoms with Crippen molar-refractivity contribution in [3.8, 4) is 0 Å². The fourth-order valence-corrected chi connectivity index (χ4v) is 3.00. The van der Waals surface area contributed by atoms with Crippen LogP contribution >= 0.6 is 11.8 Å². The Bertz CT molecular complexity index is 416. The first kappa shape index (κ1) is 13.4. The lowest BCUT2D eigenvalue weighted by molar-refractivity contribution is -0.123. The van der Waals surface area contributed by atoms with Crippen LogP contribution in [0.1, 0.15) is 24.1 Å². The Labute approximate surface area is 113 Å². The fraction of sp³-hybridized carbons (Fsp3) is 0.500. The number of rotatable bonds is 3. The molecule has 1 unspecified atom stereocenters. The molecule has 18 heavy (non-hydrogen) atoms. The zero-order chi connectivity index (χ0) is 13.0. The van der Waals surface area contributed by atoms with Crippen molar-refractivity contribution in [1.29, 1.82) is 0 Å². The molecule has 1 aliphatic rings. The number of hydrogen-bond acceptors (Lipinski definition) is 3. The molecular weight excluding hydrogens is 244 g/mol. The van der Waals surface area contributed by atoms with Crippen LogP contribution in [0.15, 0.2) is 24.3 Å². The summed E-state index contributed by atoms with van der Waals surface area (Å²) in [5.41, 5.74) is 2.38. The highest BCUT2D eigenvalue weighted by Crippen LogP contribution is 2.15. The summed E-state index contributed by atoms with van der Waals surface area (Å²) in [6.07, 6.45) is 0. The van der Waals surface area contributed by atoms with Crippen LogP contribution in [0.25, 0.3) is 0 Å². The van der Waals surface area contributed by atoms with Gasteiger partial charge >= 0.3 is 0 Å². The van der Waals surface area contributed by atoms with E-state index >= 15 is 0 Å². The predicted molar refractivity (Wildman–Crippen MR) is 76.9 cm³/mol. The van der Waals surface area contributed by atoms with Crippen LogP contribution in [0.3, 0.4) is 0 Å². The zero-order valence-electron chi connectivity index (χ0n) is 10.9. The highest BCUT2D eigenvalue weighted by Gasteiger charge is 2.22. The molecule has 1 saturated heterocycles. The van der Waals surface area contributed by atoms with E-state index in [4.69, 9.17) is 0 Å². The molecule has 1 fully saturated rings. The minimum atomic E-state index is -0.0454. The molecule has 98 valence electrons. The van der Waals surface area contributed by atoms with Crippen LogP contribution in [-0.4, -0.2) is 30.0 Å². The molecule has 2 atom stereocenters. The monoisotopic (exact) mass is 264 g/mol.